The molecule has 0 radical (unpaired) electrons. The summed E-state index contributed by atoms with van der Waals surface area (Å²) in [5.74, 6) is 0. The number of rotatable bonds is 3. The van der Waals surface area contributed by atoms with Crippen molar-refractivity contribution in [1.82, 2.24) is 0 Å². The molecule has 2 aromatic carbocycles. The molecular weight excluding hydrogens is 366 g/mol. The highest BCUT2D eigenvalue weighted by molar-refractivity contribution is 14.1. The summed E-state index contributed by atoms with van der Waals surface area (Å²) in [5, 5.41) is 0.766. The second kappa shape index (κ2) is 6.07. The lowest BCUT2D eigenvalue weighted by Crippen LogP contribution is -1.95. The minimum absolute atomic E-state index is 0.00757. The third kappa shape index (κ3) is 3.87. The number of benzene rings is 2. The lowest BCUT2D eigenvalue weighted by Gasteiger charge is -2.10. The Bertz CT molecular complexity index is 477. The smallest absolute Gasteiger partial charge is 0.0625 e. The van der Waals surface area contributed by atoms with E-state index in [-0.39, 0.29) is 5.38 Å². The molecule has 0 aliphatic heterocycles. The molecule has 88 valence electrons. The van der Waals surface area contributed by atoms with Crippen LogP contribution in [0, 0.1) is 3.57 Å². The second-order valence-electron chi connectivity index (χ2n) is 3.85. The third-order valence-corrected chi connectivity index (χ3v) is 3.94. The quantitative estimate of drug-likeness (QED) is 0.492. The van der Waals surface area contributed by atoms with Crippen molar-refractivity contribution >= 4 is 45.8 Å². The van der Waals surface area contributed by atoms with Crippen LogP contribution >= 0.6 is 45.8 Å². The first-order chi connectivity index (χ1) is 8.15. The molecule has 1 unspecified atom stereocenters. The zero-order valence-electron chi connectivity index (χ0n) is 9.04. The topological polar surface area (TPSA) is 0 Å². The first kappa shape index (κ1) is 13.2. The monoisotopic (exact) mass is 376 g/mol. The molecule has 0 saturated heterocycles. The molecule has 2 rings (SSSR count). The van der Waals surface area contributed by atoms with Gasteiger partial charge in [-0.25, -0.2) is 0 Å². The maximum absolute atomic E-state index is 6.40. The van der Waals surface area contributed by atoms with E-state index in [1.165, 1.54) is 9.13 Å². The molecule has 3 heteroatoms. The predicted molar refractivity (Wildman–Crippen MR) is 82.9 cm³/mol. The largest absolute Gasteiger partial charge is 0.117 e. The Labute approximate surface area is 125 Å². The molecule has 0 N–H and O–H groups in total. The molecule has 0 heterocycles. The van der Waals surface area contributed by atoms with Gasteiger partial charge in [0, 0.05) is 8.59 Å². The Hall–Kier alpha value is -0.250. The molecule has 1 atom stereocenters. The highest BCUT2D eigenvalue weighted by atomic mass is 127. The summed E-state index contributed by atoms with van der Waals surface area (Å²) in [6.07, 6.45) is 0.819. The van der Waals surface area contributed by atoms with Gasteiger partial charge in [-0.1, -0.05) is 35.9 Å². The average Bonchev–Trinajstić information content (AvgIpc) is 2.33. The van der Waals surface area contributed by atoms with Gasteiger partial charge in [-0.3, -0.25) is 0 Å². The second-order valence-corrected chi connectivity index (χ2v) is 6.06. The van der Waals surface area contributed by atoms with Gasteiger partial charge in [0.25, 0.3) is 0 Å². The predicted octanol–water partition coefficient (Wildman–Crippen LogP) is 5.47. The Balaban J connectivity index is 2.08. The first-order valence-corrected chi connectivity index (χ1v) is 7.18. The van der Waals surface area contributed by atoms with Crippen molar-refractivity contribution < 1.29 is 0 Å². The summed E-state index contributed by atoms with van der Waals surface area (Å²) in [5.41, 5.74) is 2.36. The van der Waals surface area contributed by atoms with Gasteiger partial charge in [0.15, 0.2) is 0 Å². The Kier molecular flexibility index (Phi) is 4.71. The number of halogens is 3. The number of hydrogen-bond donors (Lipinski definition) is 0. The Morgan fingerprint density at radius 2 is 1.53 bits per heavy atom. The lowest BCUT2D eigenvalue weighted by atomic mass is 10.0. The van der Waals surface area contributed by atoms with Crippen molar-refractivity contribution in [2.45, 2.75) is 11.8 Å². The molecule has 17 heavy (non-hydrogen) atoms. The van der Waals surface area contributed by atoms with Gasteiger partial charge in [-0.15, -0.1) is 11.6 Å². The minimum Gasteiger partial charge on any atom is -0.117 e. The van der Waals surface area contributed by atoms with Gasteiger partial charge in [-0.2, -0.15) is 0 Å². The third-order valence-electron chi connectivity index (χ3n) is 2.56. The van der Waals surface area contributed by atoms with E-state index in [0.717, 1.165) is 17.0 Å². The van der Waals surface area contributed by atoms with Gasteiger partial charge < -0.3 is 0 Å². The van der Waals surface area contributed by atoms with Crippen molar-refractivity contribution in [2.24, 2.45) is 0 Å². The van der Waals surface area contributed by atoms with Crippen LogP contribution in [0.3, 0.4) is 0 Å². The van der Waals surface area contributed by atoms with Gasteiger partial charge in [0.1, 0.15) is 0 Å². The van der Waals surface area contributed by atoms with E-state index in [1.54, 1.807) is 0 Å². The van der Waals surface area contributed by atoms with Crippen molar-refractivity contribution in [1.29, 1.82) is 0 Å². The van der Waals surface area contributed by atoms with Crippen LogP contribution in [0.1, 0.15) is 16.5 Å². The van der Waals surface area contributed by atoms with Crippen LogP contribution in [0.15, 0.2) is 48.5 Å². The van der Waals surface area contributed by atoms with Crippen LogP contribution in [0.2, 0.25) is 5.02 Å². The van der Waals surface area contributed by atoms with E-state index in [2.05, 4.69) is 46.9 Å². The molecule has 0 saturated carbocycles. The van der Waals surface area contributed by atoms with Crippen molar-refractivity contribution in [3.8, 4) is 0 Å². The van der Waals surface area contributed by atoms with Crippen molar-refractivity contribution in [3.05, 3.63) is 68.3 Å². The van der Waals surface area contributed by atoms with E-state index in [4.69, 9.17) is 23.2 Å². The molecule has 0 amide bonds. The Morgan fingerprint density at radius 1 is 0.941 bits per heavy atom. The van der Waals surface area contributed by atoms with Gasteiger partial charge in [0.05, 0.1) is 5.38 Å². The molecule has 0 aromatic heterocycles. The summed E-state index contributed by atoms with van der Waals surface area (Å²) < 4.78 is 1.22. The molecule has 0 aliphatic carbocycles. The van der Waals surface area contributed by atoms with Gasteiger partial charge in [-0.05, 0) is 64.4 Å². The summed E-state index contributed by atoms with van der Waals surface area (Å²) >= 11 is 14.5. The highest BCUT2D eigenvalue weighted by Crippen LogP contribution is 2.26. The van der Waals surface area contributed by atoms with Crippen LogP contribution in [0.25, 0.3) is 0 Å². The first-order valence-electron chi connectivity index (χ1n) is 5.29. The summed E-state index contributed by atoms with van der Waals surface area (Å²) in [7, 11) is 0. The normalized spacial score (nSPS) is 12.4. The fraction of sp³-hybridized carbons (Fsp3) is 0.143. The summed E-state index contributed by atoms with van der Waals surface area (Å²) in [4.78, 5) is 0. The zero-order chi connectivity index (χ0) is 12.3. The molecule has 2 aromatic rings. The van der Waals surface area contributed by atoms with Crippen LogP contribution in [-0.2, 0) is 6.42 Å². The maximum Gasteiger partial charge on any atom is 0.0625 e. The zero-order valence-corrected chi connectivity index (χ0v) is 12.7. The van der Waals surface area contributed by atoms with Gasteiger partial charge >= 0.3 is 0 Å². The Morgan fingerprint density at radius 3 is 2.12 bits per heavy atom. The van der Waals surface area contributed by atoms with E-state index in [1.807, 2.05) is 24.3 Å². The van der Waals surface area contributed by atoms with Crippen molar-refractivity contribution in [2.75, 3.05) is 0 Å². The maximum atomic E-state index is 6.40. The van der Waals surface area contributed by atoms with E-state index >= 15 is 0 Å². The van der Waals surface area contributed by atoms with Crippen molar-refractivity contribution in [3.63, 3.8) is 0 Å². The SMILES string of the molecule is Clc1ccc(CC(Cl)c2ccc(I)cc2)cc1. The standard InChI is InChI=1S/C14H11Cl2I/c15-12-5-1-10(2-6-12)9-14(16)11-3-7-13(17)8-4-11/h1-8,14H,9H2. The fourth-order valence-electron chi connectivity index (χ4n) is 1.62. The summed E-state index contributed by atoms with van der Waals surface area (Å²) in [6, 6.07) is 16.1. The van der Waals surface area contributed by atoms with E-state index in [0.29, 0.717) is 0 Å². The number of hydrogen-bond acceptors (Lipinski definition) is 0. The van der Waals surface area contributed by atoms with Crippen LogP contribution in [-0.4, -0.2) is 0 Å². The van der Waals surface area contributed by atoms with E-state index < -0.39 is 0 Å². The minimum atomic E-state index is 0.00757. The average molecular weight is 377 g/mol. The molecule has 0 bridgehead atoms. The lowest BCUT2D eigenvalue weighted by molar-refractivity contribution is 0.919. The molecular formula is C14H11Cl2I. The molecule has 0 nitrogen and oxygen atoms in total. The summed E-state index contributed by atoms with van der Waals surface area (Å²) in [6.45, 7) is 0. The van der Waals surface area contributed by atoms with Crippen LogP contribution in [0.5, 0.6) is 0 Å². The fourth-order valence-corrected chi connectivity index (χ4v) is 2.43. The molecule has 0 fully saturated rings. The molecule has 0 spiro atoms. The molecule has 0 aliphatic rings. The van der Waals surface area contributed by atoms with E-state index in [9.17, 15) is 0 Å². The van der Waals surface area contributed by atoms with Crippen LogP contribution < -0.4 is 0 Å². The van der Waals surface area contributed by atoms with Crippen LogP contribution in [0.4, 0.5) is 0 Å². The van der Waals surface area contributed by atoms with Gasteiger partial charge in [0.2, 0.25) is 0 Å². The number of alkyl halides is 1. The highest BCUT2D eigenvalue weighted by Gasteiger charge is 2.08.